The van der Waals surface area contributed by atoms with Crippen LogP contribution in [0.4, 0.5) is 27.5 Å². The van der Waals surface area contributed by atoms with Crippen molar-refractivity contribution in [1.82, 2.24) is 0 Å². The van der Waals surface area contributed by atoms with Crippen molar-refractivity contribution in [2.24, 2.45) is 0 Å². The average molecular weight is 439 g/mol. The summed E-state index contributed by atoms with van der Waals surface area (Å²) in [4.78, 5) is 24.6. The van der Waals surface area contributed by atoms with Gasteiger partial charge in [-0.15, -0.1) is 0 Å². The molecule has 31 heavy (non-hydrogen) atoms. The van der Waals surface area contributed by atoms with Gasteiger partial charge in [0.05, 0.1) is 11.9 Å². The lowest BCUT2D eigenvalue weighted by molar-refractivity contribution is 0.102. The van der Waals surface area contributed by atoms with Gasteiger partial charge >= 0.3 is 6.03 Å². The maximum atomic E-state index is 12.5. The monoisotopic (exact) mass is 438 g/mol. The van der Waals surface area contributed by atoms with Crippen molar-refractivity contribution in [3.8, 4) is 0 Å². The maximum Gasteiger partial charge on any atom is 0.323 e. The van der Waals surface area contributed by atoms with Crippen molar-refractivity contribution in [3.63, 3.8) is 0 Å². The quantitative estimate of drug-likeness (QED) is 0.460. The third kappa shape index (κ3) is 6.58. The normalized spacial score (nSPS) is 10.8. The molecule has 0 aliphatic rings. The third-order valence-corrected chi connectivity index (χ3v) is 4.82. The summed E-state index contributed by atoms with van der Waals surface area (Å²) in [6.45, 7) is 1.74. The smallest absolute Gasteiger partial charge is 0.322 e. The molecule has 0 aromatic heterocycles. The van der Waals surface area contributed by atoms with Crippen LogP contribution in [-0.4, -0.2) is 26.6 Å². The average Bonchev–Trinajstić information content (AvgIpc) is 2.71. The van der Waals surface area contributed by atoms with E-state index in [-0.39, 0.29) is 11.9 Å². The van der Waals surface area contributed by atoms with E-state index in [1.807, 2.05) is 18.2 Å². The lowest BCUT2D eigenvalue weighted by Crippen LogP contribution is -2.19. The Kier molecular flexibility index (Phi) is 6.56. The van der Waals surface area contributed by atoms with E-state index in [1.54, 1.807) is 55.5 Å². The Labute approximate surface area is 180 Å². The van der Waals surface area contributed by atoms with Gasteiger partial charge in [-0.05, 0) is 61.0 Å². The molecule has 4 N–H and O–H groups in total. The van der Waals surface area contributed by atoms with Crippen molar-refractivity contribution in [1.29, 1.82) is 0 Å². The number of carbonyl (C=O) groups excluding carboxylic acids is 2. The number of anilines is 4. The fourth-order valence-corrected chi connectivity index (χ4v) is 3.35. The van der Waals surface area contributed by atoms with Crippen LogP contribution in [-0.2, 0) is 10.0 Å². The highest BCUT2D eigenvalue weighted by atomic mass is 32.2. The number of benzene rings is 3. The Morgan fingerprint density at radius 2 is 1.29 bits per heavy atom. The summed E-state index contributed by atoms with van der Waals surface area (Å²) in [5, 5.41) is 8.17. The molecule has 0 saturated carbocycles. The van der Waals surface area contributed by atoms with Crippen LogP contribution in [0, 0.1) is 6.92 Å². The van der Waals surface area contributed by atoms with Gasteiger partial charge in [-0.1, -0.05) is 24.3 Å². The van der Waals surface area contributed by atoms with E-state index < -0.39 is 10.0 Å². The van der Waals surface area contributed by atoms with Crippen LogP contribution >= 0.6 is 0 Å². The highest BCUT2D eigenvalue weighted by Gasteiger charge is 2.11. The van der Waals surface area contributed by atoms with Crippen LogP contribution in [0.2, 0.25) is 0 Å². The lowest BCUT2D eigenvalue weighted by Gasteiger charge is -2.11. The van der Waals surface area contributed by atoms with Gasteiger partial charge in [0.2, 0.25) is 10.0 Å². The first kappa shape index (κ1) is 21.8. The number of carbonyl (C=O) groups is 2. The minimum atomic E-state index is -3.46. The topological polar surface area (TPSA) is 116 Å². The van der Waals surface area contributed by atoms with Crippen LogP contribution < -0.4 is 20.7 Å². The predicted octanol–water partition coefficient (Wildman–Crippen LogP) is 4.26. The molecule has 8 nitrogen and oxygen atoms in total. The molecule has 0 fully saturated rings. The van der Waals surface area contributed by atoms with Crippen LogP contribution in [0.3, 0.4) is 0 Å². The largest absolute Gasteiger partial charge is 0.323 e. The first-order valence-electron chi connectivity index (χ1n) is 9.32. The van der Waals surface area contributed by atoms with E-state index in [0.717, 1.165) is 6.26 Å². The summed E-state index contributed by atoms with van der Waals surface area (Å²) < 4.78 is 25.4. The summed E-state index contributed by atoms with van der Waals surface area (Å²) in [5.41, 5.74) is 3.11. The highest BCUT2D eigenvalue weighted by Crippen LogP contribution is 2.20. The Morgan fingerprint density at radius 1 is 0.742 bits per heavy atom. The minimum Gasteiger partial charge on any atom is -0.322 e. The SMILES string of the molecule is Cc1ccc(C(=O)Nc2ccc(NC(=O)Nc3ccccc3)cc2)cc1NS(C)(=O)=O. The molecule has 3 rings (SSSR count). The standard InChI is InChI=1S/C22H22N4O4S/c1-15-8-9-16(14-20(15)26-31(2,29)30)21(27)23-18-10-12-19(13-11-18)25-22(28)24-17-6-4-3-5-7-17/h3-14,26H,1-2H3,(H,23,27)(H2,24,25,28). The van der Waals surface area contributed by atoms with E-state index in [4.69, 9.17) is 0 Å². The van der Waals surface area contributed by atoms with Gasteiger partial charge in [-0.25, -0.2) is 13.2 Å². The van der Waals surface area contributed by atoms with Gasteiger partial charge in [0, 0.05) is 22.6 Å². The van der Waals surface area contributed by atoms with Crippen molar-refractivity contribution in [3.05, 3.63) is 83.9 Å². The van der Waals surface area contributed by atoms with Gasteiger partial charge in [-0.3, -0.25) is 9.52 Å². The molecule has 0 saturated heterocycles. The molecule has 0 aliphatic heterocycles. The highest BCUT2D eigenvalue weighted by molar-refractivity contribution is 7.92. The summed E-state index contributed by atoms with van der Waals surface area (Å²) in [7, 11) is -3.46. The number of hydrogen-bond acceptors (Lipinski definition) is 4. The van der Waals surface area contributed by atoms with Crippen molar-refractivity contribution in [2.75, 3.05) is 26.9 Å². The first-order chi connectivity index (χ1) is 14.7. The molecule has 0 spiro atoms. The molecule has 3 amide bonds. The predicted molar refractivity (Wildman–Crippen MR) is 123 cm³/mol. The van der Waals surface area contributed by atoms with Gasteiger partial charge in [-0.2, -0.15) is 0 Å². The molecule has 9 heteroatoms. The van der Waals surface area contributed by atoms with Crippen molar-refractivity contribution >= 4 is 44.7 Å². The number of rotatable bonds is 6. The van der Waals surface area contributed by atoms with Gasteiger partial charge in [0.1, 0.15) is 0 Å². The molecular formula is C22H22N4O4S. The fraction of sp³-hybridized carbons (Fsp3) is 0.0909. The van der Waals surface area contributed by atoms with Crippen LogP contribution in [0.5, 0.6) is 0 Å². The van der Waals surface area contributed by atoms with Crippen LogP contribution in [0.25, 0.3) is 0 Å². The number of nitrogens with one attached hydrogen (secondary N) is 4. The number of urea groups is 1. The molecule has 3 aromatic carbocycles. The second-order valence-corrected chi connectivity index (χ2v) is 8.63. The van der Waals surface area contributed by atoms with E-state index in [1.165, 1.54) is 6.07 Å². The molecule has 160 valence electrons. The van der Waals surface area contributed by atoms with Crippen LogP contribution in [0.15, 0.2) is 72.8 Å². The van der Waals surface area contributed by atoms with E-state index >= 15 is 0 Å². The Bertz CT molecular complexity index is 1190. The summed E-state index contributed by atoms with van der Waals surface area (Å²) >= 11 is 0. The third-order valence-electron chi connectivity index (χ3n) is 4.23. The minimum absolute atomic E-state index is 0.307. The fourth-order valence-electron chi connectivity index (χ4n) is 2.73. The maximum absolute atomic E-state index is 12.5. The second kappa shape index (κ2) is 9.31. The number of amides is 3. The van der Waals surface area contributed by atoms with Gasteiger partial charge < -0.3 is 16.0 Å². The van der Waals surface area contributed by atoms with Crippen molar-refractivity contribution < 1.29 is 18.0 Å². The summed E-state index contributed by atoms with van der Waals surface area (Å²) in [6.07, 6.45) is 1.05. The van der Waals surface area contributed by atoms with E-state index in [9.17, 15) is 18.0 Å². The molecule has 0 heterocycles. The number of hydrogen-bond donors (Lipinski definition) is 4. The first-order valence-corrected chi connectivity index (χ1v) is 11.2. The zero-order chi connectivity index (χ0) is 22.4. The summed E-state index contributed by atoms with van der Waals surface area (Å²) in [6, 6.07) is 20.1. The Balaban J connectivity index is 1.62. The number of para-hydroxylation sites is 1. The van der Waals surface area contributed by atoms with E-state index in [2.05, 4.69) is 20.7 Å². The summed E-state index contributed by atoms with van der Waals surface area (Å²) in [5.74, 6) is -0.390. The second-order valence-electron chi connectivity index (χ2n) is 6.88. The van der Waals surface area contributed by atoms with E-state index in [0.29, 0.717) is 33.9 Å². The Hall–Kier alpha value is -3.85. The zero-order valence-corrected chi connectivity index (χ0v) is 17.8. The zero-order valence-electron chi connectivity index (χ0n) is 17.0. The molecule has 0 aliphatic carbocycles. The molecule has 3 aromatic rings. The number of aryl methyl sites for hydroxylation is 1. The Morgan fingerprint density at radius 3 is 1.87 bits per heavy atom. The number of sulfonamides is 1. The molecule has 0 radical (unpaired) electrons. The van der Waals surface area contributed by atoms with Gasteiger partial charge in [0.25, 0.3) is 5.91 Å². The van der Waals surface area contributed by atoms with Crippen LogP contribution in [0.1, 0.15) is 15.9 Å². The lowest BCUT2D eigenvalue weighted by atomic mass is 10.1. The molecule has 0 bridgehead atoms. The van der Waals surface area contributed by atoms with Crippen molar-refractivity contribution in [2.45, 2.75) is 6.92 Å². The molecule has 0 atom stereocenters. The molecule has 0 unspecified atom stereocenters. The molecular weight excluding hydrogens is 416 g/mol. The van der Waals surface area contributed by atoms with Gasteiger partial charge in [0.15, 0.2) is 0 Å².